The molecule has 200 valence electrons. The van der Waals surface area contributed by atoms with E-state index in [0.717, 1.165) is 49.9 Å². The lowest BCUT2D eigenvalue weighted by molar-refractivity contribution is -0.138. The monoisotopic (exact) mass is 545 g/mol. The van der Waals surface area contributed by atoms with E-state index in [1.165, 1.54) is 35.7 Å². The van der Waals surface area contributed by atoms with Crippen molar-refractivity contribution in [3.8, 4) is 5.75 Å². The molecule has 1 saturated heterocycles. The number of nitrogens with zero attached hydrogens (tertiary/aromatic N) is 4. The van der Waals surface area contributed by atoms with E-state index >= 15 is 0 Å². The molecule has 5 rings (SSSR count). The van der Waals surface area contributed by atoms with Gasteiger partial charge < -0.3 is 14.8 Å². The third kappa shape index (κ3) is 6.03. The molecule has 0 unspecified atom stereocenters. The molecule has 0 spiro atoms. The van der Waals surface area contributed by atoms with E-state index in [1.807, 2.05) is 12.1 Å². The number of carbonyl (C=O) groups is 1. The van der Waals surface area contributed by atoms with Crippen molar-refractivity contribution in [1.29, 1.82) is 0 Å². The minimum Gasteiger partial charge on any atom is -0.497 e. The van der Waals surface area contributed by atoms with Crippen molar-refractivity contribution in [2.45, 2.75) is 12.7 Å². The molecule has 3 heterocycles. The summed E-state index contributed by atoms with van der Waals surface area (Å²) in [5.41, 5.74) is 0.794. The van der Waals surface area contributed by atoms with Crippen molar-refractivity contribution in [3.63, 3.8) is 0 Å². The summed E-state index contributed by atoms with van der Waals surface area (Å²) in [6.07, 6.45) is -1.15. The zero-order valence-corrected chi connectivity index (χ0v) is 21.4. The van der Waals surface area contributed by atoms with Crippen molar-refractivity contribution >= 4 is 39.8 Å². The van der Waals surface area contributed by atoms with Crippen molar-refractivity contribution in [3.05, 3.63) is 64.2 Å². The average Bonchev–Trinajstić information content (AvgIpc) is 3.46. The van der Waals surface area contributed by atoms with Crippen molar-refractivity contribution < 1.29 is 27.4 Å². The van der Waals surface area contributed by atoms with Gasteiger partial charge >= 0.3 is 6.18 Å². The Labute approximate surface area is 221 Å². The summed E-state index contributed by atoms with van der Waals surface area (Å²) < 4.78 is 52.7. The van der Waals surface area contributed by atoms with E-state index in [-0.39, 0.29) is 23.8 Å². The van der Waals surface area contributed by atoms with Crippen molar-refractivity contribution in [2.75, 3.05) is 46.5 Å². The van der Waals surface area contributed by atoms with Crippen LogP contribution in [-0.4, -0.2) is 72.3 Å². The number of carbonyl (C=O) groups excluding carboxylic acids is 1. The molecule has 3 aromatic rings. The second kappa shape index (κ2) is 11.2. The van der Waals surface area contributed by atoms with Crippen molar-refractivity contribution in [2.24, 2.45) is 4.99 Å². The van der Waals surface area contributed by atoms with Crippen LogP contribution in [0.2, 0.25) is 0 Å². The van der Waals surface area contributed by atoms with Crippen molar-refractivity contribution in [1.82, 2.24) is 20.0 Å². The molecule has 2 aliphatic heterocycles. The molecule has 1 fully saturated rings. The number of aliphatic imine (C=N–C) groups is 1. The maximum absolute atomic E-state index is 13.6. The molecule has 38 heavy (non-hydrogen) atoms. The van der Waals surface area contributed by atoms with Crippen LogP contribution >= 0.6 is 11.8 Å². The molecule has 2 aliphatic rings. The fourth-order valence-electron chi connectivity index (χ4n) is 4.35. The van der Waals surface area contributed by atoms with Crippen LogP contribution < -0.4 is 10.1 Å². The molecular formula is C26H26F3N5O3S. The van der Waals surface area contributed by atoms with Crippen LogP contribution in [0.4, 0.5) is 13.2 Å². The number of aromatic nitrogens is 2. The predicted octanol–water partition coefficient (Wildman–Crippen LogP) is 4.00. The Hall–Kier alpha value is -3.35. The van der Waals surface area contributed by atoms with Gasteiger partial charge in [0.1, 0.15) is 5.75 Å². The summed E-state index contributed by atoms with van der Waals surface area (Å²) >= 11 is 1.29. The summed E-state index contributed by atoms with van der Waals surface area (Å²) in [6, 6.07) is 9.35. The average molecular weight is 546 g/mol. The zero-order valence-electron chi connectivity index (χ0n) is 20.6. The van der Waals surface area contributed by atoms with E-state index in [0.29, 0.717) is 22.1 Å². The van der Waals surface area contributed by atoms with Crippen LogP contribution in [0, 0.1) is 0 Å². The Kier molecular flexibility index (Phi) is 7.73. The molecule has 0 radical (unpaired) electrons. The van der Waals surface area contributed by atoms with Crippen LogP contribution in [0.15, 0.2) is 52.5 Å². The first-order chi connectivity index (χ1) is 18.3. The molecule has 0 atom stereocenters. The van der Waals surface area contributed by atoms with Crippen LogP contribution in [0.3, 0.4) is 0 Å². The molecule has 12 heteroatoms. The summed E-state index contributed by atoms with van der Waals surface area (Å²) in [7, 11) is 1.33. The van der Waals surface area contributed by atoms with Gasteiger partial charge in [0.2, 0.25) is 0 Å². The third-order valence-electron chi connectivity index (χ3n) is 6.33. The molecule has 2 aromatic carbocycles. The first-order valence-corrected chi connectivity index (χ1v) is 12.9. The summed E-state index contributed by atoms with van der Waals surface area (Å²) in [6.45, 7) is 4.74. The molecule has 0 saturated carbocycles. The highest BCUT2D eigenvalue weighted by atomic mass is 32.2. The molecule has 1 aromatic heterocycles. The Morgan fingerprint density at radius 2 is 2.00 bits per heavy atom. The van der Waals surface area contributed by atoms with E-state index in [4.69, 9.17) is 9.47 Å². The number of ether oxygens (including phenoxy) is 2. The van der Waals surface area contributed by atoms with Crippen LogP contribution in [-0.2, 0) is 22.3 Å². The molecule has 1 N–H and O–H groups in total. The van der Waals surface area contributed by atoms with Gasteiger partial charge in [-0.05, 0) is 53.2 Å². The molecular weight excluding hydrogens is 519 g/mol. The standard InChI is InChI=1S/C26H26F3N5O3S/c1-36-20-4-3-18(21(14-20)26(27,28)29)16-34-22-5-2-17(12-19(22)15-31-34)13-23-24(35)32-25(38-23)30-6-7-33-8-10-37-11-9-33/h2-5,12-15H,6-11,16H2,1H3,(H,30,32,35). The highest BCUT2D eigenvalue weighted by Gasteiger charge is 2.34. The fourth-order valence-corrected chi connectivity index (χ4v) is 5.19. The van der Waals surface area contributed by atoms with Crippen LogP contribution in [0.25, 0.3) is 17.0 Å². The lowest BCUT2D eigenvalue weighted by atomic mass is 10.1. The molecule has 0 bridgehead atoms. The van der Waals surface area contributed by atoms with Gasteiger partial charge in [-0.15, -0.1) is 0 Å². The summed E-state index contributed by atoms with van der Waals surface area (Å²) in [5.74, 6) is -0.165. The van der Waals surface area contributed by atoms with Gasteiger partial charge in [-0.3, -0.25) is 14.4 Å². The van der Waals surface area contributed by atoms with Gasteiger partial charge in [0.25, 0.3) is 5.91 Å². The van der Waals surface area contributed by atoms with Gasteiger partial charge in [-0.1, -0.05) is 12.1 Å². The lowest BCUT2D eigenvalue weighted by Gasteiger charge is -2.26. The Balaban J connectivity index is 1.26. The van der Waals surface area contributed by atoms with Gasteiger partial charge in [0.15, 0.2) is 5.17 Å². The number of methoxy groups -OCH3 is 1. The number of morpholine rings is 1. The highest BCUT2D eigenvalue weighted by molar-refractivity contribution is 8.18. The number of amidine groups is 1. The van der Waals surface area contributed by atoms with E-state index in [9.17, 15) is 18.0 Å². The largest absolute Gasteiger partial charge is 0.497 e. The number of amides is 1. The number of alkyl halides is 3. The van der Waals surface area contributed by atoms with Gasteiger partial charge in [0, 0.05) is 31.6 Å². The van der Waals surface area contributed by atoms with Gasteiger partial charge in [-0.2, -0.15) is 23.3 Å². The first-order valence-electron chi connectivity index (χ1n) is 12.1. The van der Waals surface area contributed by atoms with Gasteiger partial charge in [-0.25, -0.2) is 0 Å². The first kappa shape index (κ1) is 26.3. The Morgan fingerprint density at radius 3 is 2.76 bits per heavy atom. The van der Waals surface area contributed by atoms with Crippen LogP contribution in [0.1, 0.15) is 16.7 Å². The number of hydrogen-bond acceptors (Lipinski definition) is 7. The third-order valence-corrected chi connectivity index (χ3v) is 7.28. The smallest absolute Gasteiger partial charge is 0.416 e. The van der Waals surface area contributed by atoms with Crippen LogP contribution in [0.5, 0.6) is 5.75 Å². The maximum atomic E-state index is 13.6. The topological polar surface area (TPSA) is 81.0 Å². The number of rotatable bonds is 7. The number of thioether (sulfide) groups is 1. The van der Waals surface area contributed by atoms with E-state index < -0.39 is 11.7 Å². The second-order valence-corrected chi connectivity index (χ2v) is 9.89. The Bertz CT molecular complexity index is 1400. The van der Waals surface area contributed by atoms with E-state index in [1.54, 1.807) is 18.3 Å². The Morgan fingerprint density at radius 1 is 1.18 bits per heavy atom. The van der Waals surface area contributed by atoms with E-state index in [2.05, 4.69) is 20.3 Å². The molecule has 0 aliphatic carbocycles. The number of nitrogens with one attached hydrogen (secondary N) is 1. The predicted molar refractivity (Wildman–Crippen MR) is 140 cm³/mol. The number of benzene rings is 2. The zero-order chi connectivity index (χ0) is 26.7. The molecule has 8 nitrogen and oxygen atoms in total. The molecule has 1 amide bonds. The minimum absolute atomic E-state index is 0.0512. The quantitative estimate of drug-likeness (QED) is 0.450. The fraction of sp³-hybridized carbons (Fsp3) is 0.346. The minimum atomic E-state index is -4.52. The lowest BCUT2D eigenvalue weighted by Crippen LogP contribution is -2.40. The number of halogens is 3. The van der Waals surface area contributed by atoms with Gasteiger partial charge in [0.05, 0.1) is 49.1 Å². The normalized spacial score (nSPS) is 17.8. The second-order valence-electron chi connectivity index (χ2n) is 8.85. The maximum Gasteiger partial charge on any atom is 0.416 e. The summed E-state index contributed by atoms with van der Waals surface area (Å²) in [5, 5.41) is 8.85. The summed E-state index contributed by atoms with van der Waals surface area (Å²) in [4.78, 5) is 19.3. The highest BCUT2D eigenvalue weighted by Crippen LogP contribution is 2.35. The SMILES string of the molecule is COc1ccc(Cn2ncc3cc(C=C4SC(NCCN5CCOCC5)=NC4=O)ccc32)c(C(F)(F)F)c1. The number of fused-ring (bicyclic) bond motifs is 1. The number of hydrogen-bond donors (Lipinski definition) is 1.